The molecule has 1 aromatic rings. The summed E-state index contributed by atoms with van der Waals surface area (Å²) in [4.78, 5) is 2.05. The van der Waals surface area contributed by atoms with Crippen molar-refractivity contribution in [3.63, 3.8) is 0 Å². The first-order chi connectivity index (χ1) is 8.22. The van der Waals surface area contributed by atoms with Gasteiger partial charge >= 0.3 is 0 Å². The van der Waals surface area contributed by atoms with E-state index in [1.807, 2.05) is 4.90 Å². The highest BCUT2D eigenvalue weighted by molar-refractivity contribution is 5.99. The van der Waals surface area contributed by atoms with Gasteiger partial charge < -0.3 is 15.7 Å². The molecule has 0 saturated carbocycles. The van der Waals surface area contributed by atoms with Gasteiger partial charge in [0.1, 0.15) is 5.84 Å². The lowest BCUT2D eigenvalue weighted by Gasteiger charge is -2.33. The molecule has 2 rings (SSSR count). The van der Waals surface area contributed by atoms with Crippen LogP contribution in [0.1, 0.15) is 18.4 Å². The van der Waals surface area contributed by atoms with Crippen molar-refractivity contribution in [3.8, 4) is 0 Å². The molecule has 2 heterocycles. The predicted molar refractivity (Wildman–Crippen MR) is 65.1 cm³/mol. The summed E-state index contributed by atoms with van der Waals surface area (Å²) in [6, 6.07) is 1.70. The average Bonchev–Trinajstić information content (AvgIpc) is 2.39. The smallest absolute Gasteiger partial charge is 0.162 e. The van der Waals surface area contributed by atoms with Gasteiger partial charge in [0.05, 0.1) is 11.8 Å². The van der Waals surface area contributed by atoms with Crippen LogP contribution in [0.2, 0.25) is 0 Å². The fourth-order valence-corrected chi connectivity index (χ4v) is 2.17. The minimum atomic E-state index is 0.000946. The van der Waals surface area contributed by atoms with E-state index in [9.17, 15) is 5.11 Å². The highest BCUT2D eigenvalue weighted by atomic mass is 16.3. The molecule has 1 saturated heterocycles. The fraction of sp³-hybridized carbons (Fsp3) is 0.545. The summed E-state index contributed by atoms with van der Waals surface area (Å²) >= 11 is 0. The summed E-state index contributed by atoms with van der Waals surface area (Å²) in [5, 5.41) is 24.6. The normalized spacial score (nSPS) is 20.3. The van der Waals surface area contributed by atoms with Crippen LogP contribution in [0, 0.1) is 11.3 Å². The number of amidine groups is 1. The molecule has 0 aromatic carbocycles. The summed E-state index contributed by atoms with van der Waals surface area (Å²) in [7, 11) is 0. The molecule has 4 N–H and O–H groups in total. The SMILES string of the molecule is N=C(N)c1ccnnc1N1CCCC(CO)C1. The quantitative estimate of drug-likeness (QED) is 0.504. The number of nitrogens with one attached hydrogen (secondary N) is 1. The summed E-state index contributed by atoms with van der Waals surface area (Å²) in [5.74, 6) is 0.921. The Morgan fingerprint density at radius 1 is 1.65 bits per heavy atom. The van der Waals surface area contributed by atoms with E-state index >= 15 is 0 Å². The van der Waals surface area contributed by atoms with Crippen LogP contribution in [0.25, 0.3) is 0 Å². The molecule has 1 aliphatic rings. The van der Waals surface area contributed by atoms with Crippen molar-refractivity contribution in [3.05, 3.63) is 17.8 Å². The third kappa shape index (κ3) is 2.52. The zero-order valence-electron chi connectivity index (χ0n) is 9.63. The molecule has 1 aliphatic heterocycles. The van der Waals surface area contributed by atoms with Crippen LogP contribution in [-0.4, -0.2) is 40.8 Å². The van der Waals surface area contributed by atoms with Crippen LogP contribution in [0.15, 0.2) is 12.3 Å². The first-order valence-electron chi connectivity index (χ1n) is 5.74. The largest absolute Gasteiger partial charge is 0.396 e. The van der Waals surface area contributed by atoms with Gasteiger partial charge in [-0.15, -0.1) is 5.10 Å². The highest BCUT2D eigenvalue weighted by Gasteiger charge is 2.23. The predicted octanol–water partition coefficient (Wildman–Crippen LogP) is -0.0306. The zero-order chi connectivity index (χ0) is 12.3. The van der Waals surface area contributed by atoms with Gasteiger partial charge in [-0.3, -0.25) is 5.41 Å². The monoisotopic (exact) mass is 235 g/mol. The maximum absolute atomic E-state index is 9.20. The molecule has 17 heavy (non-hydrogen) atoms. The Morgan fingerprint density at radius 2 is 2.47 bits per heavy atom. The lowest BCUT2D eigenvalue weighted by Crippen LogP contribution is -2.38. The van der Waals surface area contributed by atoms with Crippen LogP contribution in [0.4, 0.5) is 5.82 Å². The van der Waals surface area contributed by atoms with Crippen molar-refractivity contribution >= 4 is 11.7 Å². The van der Waals surface area contributed by atoms with E-state index in [1.165, 1.54) is 6.20 Å². The maximum Gasteiger partial charge on any atom is 0.162 e. The first kappa shape index (κ1) is 11.8. The van der Waals surface area contributed by atoms with Crippen molar-refractivity contribution in [1.29, 1.82) is 5.41 Å². The van der Waals surface area contributed by atoms with Gasteiger partial charge in [0.25, 0.3) is 0 Å². The minimum absolute atomic E-state index is 0.000946. The van der Waals surface area contributed by atoms with Gasteiger partial charge in [0.15, 0.2) is 5.82 Å². The van der Waals surface area contributed by atoms with Gasteiger partial charge in [-0.2, -0.15) is 5.10 Å². The third-order valence-corrected chi connectivity index (χ3v) is 3.07. The number of aliphatic hydroxyl groups excluding tert-OH is 1. The molecule has 6 heteroatoms. The van der Waals surface area contributed by atoms with Crippen molar-refractivity contribution < 1.29 is 5.11 Å². The second-order valence-electron chi connectivity index (χ2n) is 4.32. The number of nitrogens with zero attached hydrogens (tertiary/aromatic N) is 3. The molecule has 1 atom stereocenters. The van der Waals surface area contributed by atoms with E-state index in [0.717, 1.165) is 25.9 Å². The number of hydrogen-bond donors (Lipinski definition) is 3. The molecule has 0 bridgehead atoms. The van der Waals surface area contributed by atoms with Crippen LogP contribution in [-0.2, 0) is 0 Å². The number of nitrogen functional groups attached to an aromatic ring is 1. The van der Waals surface area contributed by atoms with Gasteiger partial charge in [-0.1, -0.05) is 0 Å². The molecular formula is C11H17N5O. The fourth-order valence-electron chi connectivity index (χ4n) is 2.17. The van der Waals surface area contributed by atoms with Crippen molar-refractivity contribution in [1.82, 2.24) is 10.2 Å². The molecule has 1 fully saturated rings. The summed E-state index contributed by atoms with van der Waals surface area (Å²) in [6.45, 7) is 1.80. The molecule has 0 spiro atoms. The molecule has 0 aliphatic carbocycles. The summed E-state index contributed by atoms with van der Waals surface area (Å²) in [6.07, 6.45) is 3.58. The van der Waals surface area contributed by atoms with Crippen LogP contribution >= 0.6 is 0 Å². The number of anilines is 1. The Morgan fingerprint density at radius 3 is 3.18 bits per heavy atom. The number of hydrogen-bond acceptors (Lipinski definition) is 5. The summed E-state index contributed by atoms with van der Waals surface area (Å²) in [5.41, 5.74) is 6.14. The maximum atomic E-state index is 9.20. The zero-order valence-corrected chi connectivity index (χ0v) is 9.63. The van der Waals surface area contributed by atoms with Crippen LogP contribution < -0.4 is 10.6 Å². The van der Waals surface area contributed by atoms with E-state index in [-0.39, 0.29) is 18.4 Å². The molecule has 1 aromatic heterocycles. The Kier molecular flexibility index (Phi) is 3.53. The number of nitrogens with two attached hydrogens (primary N) is 1. The lowest BCUT2D eigenvalue weighted by molar-refractivity contribution is 0.208. The van der Waals surface area contributed by atoms with Gasteiger partial charge in [0, 0.05) is 19.7 Å². The van der Waals surface area contributed by atoms with E-state index in [2.05, 4.69) is 10.2 Å². The number of aromatic nitrogens is 2. The van der Waals surface area contributed by atoms with Crippen molar-refractivity contribution in [2.45, 2.75) is 12.8 Å². The highest BCUT2D eigenvalue weighted by Crippen LogP contribution is 2.23. The Bertz CT molecular complexity index is 409. The van der Waals surface area contributed by atoms with E-state index in [4.69, 9.17) is 11.1 Å². The van der Waals surface area contributed by atoms with Gasteiger partial charge in [-0.25, -0.2) is 0 Å². The molecule has 0 amide bonds. The van der Waals surface area contributed by atoms with Crippen molar-refractivity contribution in [2.75, 3.05) is 24.6 Å². The molecule has 0 radical (unpaired) electrons. The second-order valence-corrected chi connectivity index (χ2v) is 4.32. The minimum Gasteiger partial charge on any atom is -0.396 e. The average molecular weight is 235 g/mol. The number of rotatable bonds is 3. The van der Waals surface area contributed by atoms with Gasteiger partial charge in [0.2, 0.25) is 0 Å². The van der Waals surface area contributed by atoms with Crippen LogP contribution in [0.3, 0.4) is 0 Å². The standard InChI is InChI=1S/C11H17N5O/c12-10(13)9-3-4-14-15-11(9)16-5-1-2-8(6-16)7-17/h3-4,8,17H,1-2,5-7H2,(H3,12,13). The molecule has 6 nitrogen and oxygen atoms in total. The third-order valence-electron chi connectivity index (χ3n) is 3.07. The van der Waals surface area contributed by atoms with Crippen LogP contribution in [0.5, 0.6) is 0 Å². The van der Waals surface area contributed by atoms with E-state index in [0.29, 0.717) is 11.4 Å². The Labute approximate surface area is 100.0 Å². The van der Waals surface area contributed by atoms with Crippen molar-refractivity contribution in [2.24, 2.45) is 11.7 Å². The molecule has 1 unspecified atom stereocenters. The number of piperidine rings is 1. The van der Waals surface area contributed by atoms with Gasteiger partial charge in [-0.05, 0) is 24.8 Å². The van der Waals surface area contributed by atoms with E-state index in [1.54, 1.807) is 6.07 Å². The molecular weight excluding hydrogens is 218 g/mol. The lowest BCUT2D eigenvalue weighted by atomic mass is 9.99. The summed E-state index contributed by atoms with van der Waals surface area (Å²) < 4.78 is 0. The Balaban J connectivity index is 2.24. The Hall–Kier alpha value is -1.69. The first-order valence-corrected chi connectivity index (χ1v) is 5.74. The molecule has 92 valence electrons. The second kappa shape index (κ2) is 5.09. The number of aliphatic hydroxyl groups is 1. The van der Waals surface area contributed by atoms with E-state index < -0.39 is 0 Å². The topological polar surface area (TPSA) is 99.1 Å².